The van der Waals surface area contributed by atoms with Crippen molar-refractivity contribution in [3.8, 4) is 11.8 Å². The molecule has 0 saturated heterocycles. The first kappa shape index (κ1) is 14.7. The quantitative estimate of drug-likeness (QED) is 0.879. The zero-order valence-corrected chi connectivity index (χ0v) is 12.2. The number of anilines is 1. The number of nitrogens with one attached hydrogen (secondary N) is 1. The number of rotatable bonds is 3. The Morgan fingerprint density at radius 3 is 2.60 bits per heavy atom. The zero-order chi connectivity index (χ0) is 14.7. The molecule has 5 nitrogen and oxygen atoms in total. The molecule has 0 atom stereocenters. The van der Waals surface area contributed by atoms with E-state index < -0.39 is 5.91 Å². The first-order chi connectivity index (χ1) is 9.56. The highest BCUT2D eigenvalue weighted by Gasteiger charge is 2.16. The molecule has 0 radical (unpaired) electrons. The minimum Gasteiger partial charge on any atom is -0.310 e. The van der Waals surface area contributed by atoms with Crippen LogP contribution in [0, 0.1) is 11.3 Å². The maximum absolute atomic E-state index is 11.4. The van der Waals surface area contributed by atoms with E-state index in [0.717, 1.165) is 0 Å². The Kier molecular flexibility index (Phi) is 4.50. The molecule has 1 amide bonds. The Morgan fingerprint density at radius 1 is 1.40 bits per heavy atom. The summed E-state index contributed by atoms with van der Waals surface area (Å²) in [6, 6.07) is 8.23. The number of nitrogens with zero attached hydrogens (tertiary/aromatic N) is 3. The average molecular weight is 330 g/mol. The van der Waals surface area contributed by atoms with Crippen LogP contribution in [-0.4, -0.2) is 21.6 Å². The fourth-order valence-electron chi connectivity index (χ4n) is 1.56. The van der Waals surface area contributed by atoms with Gasteiger partial charge in [0.15, 0.2) is 5.69 Å². The van der Waals surface area contributed by atoms with Gasteiger partial charge in [-0.3, -0.25) is 4.79 Å². The van der Waals surface area contributed by atoms with Gasteiger partial charge in [-0.15, -0.1) is 11.6 Å². The number of para-hydroxylation sites is 1. The molecule has 0 spiro atoms. The number of carbonyl (C=O) groups is 1. The van der Waals surface area contributed by atoms with Crippen molar-refractivity contribution in [2.24, 2.45) is 0 Å². The topological polar surface area (TPSA) is 70.7 Å². The van der Waals surface area contributed by atoms with Gasteiger partial charge in [0.05, 0.1) is 10.0 Å². The van der Waals surface area contributed by atoms with Crippen molar-refractivity contribution < 1.29 is 4.79 Å². The van der Waals surface area contributed by atoms with Gasteiger partial charge in [-0.05, 0) is 12.1 Å². The molecule has 20 heavy (non-hydrogen) atoms. The molecule has 0 fully saturated rings. The fourth-order valence-corrected chi connectivity index (χ4v) is 2.19. The van der Waals surface area contributed by atoms with Gasteiger partial charge in [0.1, 0.15) is 23.5 Å². The molecule has 2 rings (SSSR count). The molecule has 1 aromatic carbocycles. The minimum atomic E-state index is -0.430. The van der Waals surface area contributed by atoms with E-state index >= 15 is 0 Å². The van der Waals surface area contributed by atoms with Crippen LogP contribution in [0.5, 0.6) is 0 Å². The highest BCUT2D eigenvalue weighted by Crippen LogP contribution is 2.30. The Morgan fingerprint density at radius 2 is 2.05 bits per heavy atom. The third-order valence-electron chi connectivity index (χ3n) is 2.36. The van der Waals surface area contributed by atoms with E-state index in [4.69, 9.17) is 40.1 Å². The predicted molar refractivity (Wildman–Crippen MR) is 77.6 cm³/mol. The lowest BCUT2D eigenvalue weighted by Gasteiger charge is -2.11. The number of alkyl halides is 1. The summed E-state index contributed by atoms with van der Waals surface area (Å²) in [5.74, 6) is -0.383. The number of aromatic nitrogens is 2. The Labute approximate surface area is 129 Å². The van der Waals surface area contributed by atoms with Gasteiger partial charge in [-0.1, -0.05) is 29.3 Å². The molecule has 2 aromatic rings. The van der Waals surface area contributed by atoms with Crippen LogP contribution in [0.15, 0.2) is 24.3 Å². The molecular formula is C12H7Cl3N4O. The van der Waals surface area contributed by atoms with E-state index in [2.05, 4.69) is 10.4 Å². The van der Waals surface area contributed by atoms with Crippen molar-refractivity contribution in [1.29, 1.82) is 5.26 Å². The van der Waals surface area contributed by atoms with E-state index in [1.807, 2.05) is 6.07 Å². The molecule has 0 aliphatic heterocycles. The normalized spacial score (nSPS) is 10.1. The summed E-state index contributed by atoms with van der Waals surface area (Å²) in [6.45, 7) is 0. The van der Waals surface area contributed by atoms with Crippen LogP contribution >= 0.6 is 34.8 Å². The van der Waals surface area contributed by atoms with E-state index in [0.29, 0.717) is 15.7 Å². The Balaban J connectivity index is 2.58. The highest BCUT2D eigenvalue weighted by molar-refractivity contribution is 6.37. The smallest absolute Gasteiger partial charge is 0.240 e. The van der Waals surface area contributed by atoms with Crippen LogP contribution in [0.4, 0.5) is 5.82 Å². The molecule has 0 aliphatic rings. The van der Waals surface area contributed by atoms with Crippen molar-refractivity contribution >= 4 is 46.5 Å². The summed E-state index contributed by atoms with van der Waals surface area (Å²) in [7, 11) is 0. The van der Waals surface area contributed by atoms with Crippen molar-refractivity contribution in [3.63, 3.8) is 0 Å². The number of hydrogen-bond donors (Lipinski definition) is 1. The van der Waals surface area contributed by atoms with Gasteiger partial charge in [0.25, 0.3) is 0 Å². The zero-order valence-electron chi connectivity index (χ0n) is 9.90. The van der Waals surface area contributed by atoms with Gasteiger partial charge < -0.3 is 5.32 Å². The van der Waals surface area contributed by atoms with Crippen LogP contribution in [0.2, 0.25) is 10.0 Å². The molecule has 0 unspecified atom stereocenters. The molecule has 8 heteroatoms. The van der Waals surface area contributed by atoms with Gasteiger partial charge in [0, 0.05) is 6.07 Å². The van der Waals surface area contributed by atoms with Crippen LogP contribution in [0.25, 0.3) is 5.69 Å². The Hall–Kier alpha value is -1.74. The lowest BCUT2D eigenvalue weighted by atomic mass is 10.3. The van der Waals surface area contributed by atoms with Crippen molar-refractivity contribution in [2.75, 3.05) is 11.2 Å². The van der Waals surface area contributed by atoms with Crippen molar-refractivity contribution in [3.05, 3.63) is 40.0 Å². The van der Waals surface area contributed by atoms with E-state index in [1.54, 1.807) is 18.2 Å². The summed E-state index contributed by atoms with van der Waals surface area (Å²) in [4.78, 5) is 11.4. The van der Waals surface area contributed by atoms with Crippen molar-refractivity contribution in [1.82, 2.24) is 9.78 Å². The van der Waals surface area contributed by atoms with E-state index in [1.165, 1.54) is 10.7 Å². The van der Waals surface area contributed by atoms with Gasteiger partial charge >= 0.3 is 0 Å². The maximum atomic E-state index is 11.4. The summed E-state index contributed by atoms with van der Waals surface area (Å²) >= 11 is 17.6. The molecule has 0 saturated carbocycles. The molecule has 1 N–H and O–H groups in total. The summed E-state index contributed by atoms with van der Waals surface area (Å²) in [5.41, 5.74) is 0.494. The molecular weight excluding hydrogens is 323 g/mol. The second-order valence-electron chi connectivity index (χ2n) is 3.69. The third-order valence-corrected chi connectivity index (χ3v) is 3.21. The standard InChI is InChI=1S/C12H7Cl3N4O/c13-5-11(20)17-10-4-7(6-16)18-19(10)12-8(14)2-1-3-9(12)15/h1-4H,5H2,(H,17,20). The lowest BCUT2D eigenvalue weighted by Crippen LogP contribution is -2.16. The van der Waals surface area contributed by atoms with Crippen LogP contribution in [-0.2, 0) is 4.79 Å². The largest absolute Gasteiger partial charge is 0.310 e. The summed E-state index contributed by atoms with van der Waals surface area (Å²) < 4.78 is 1.30. The SMILES string of the molecule is N#Cc1cc(NC(=O)CCl)n(-c2c(Cl)cccc2Cl)n1. The average Bonchev–Trinajstić information content (AvgIpc) is 2.81. The Bertz CT molecular complexity index is 685. The summed E-state index contributed by atoms with van der Waals surface area (Å²) in [5, 5.41) is 16.2. The van der Waals surface area contributed by atoms with Crippen LogP contribution in [0.1, 0.15) is 5.69 Å². The first-order valence-electron chi connectivity index (χ1n) is 5.37. The fraction of sp³-hybridized carbons (Fsp3) is 0.0833. The number of hydrogen-bond acceptors (Lipinski definition) is 3. The minimum absolute atomic E-state index is 0.117. The number of carbonyl (C=O) groups excluding carboxylic acids is 1. The second-order valence-corrected chi connectivity index (χ2v) is 4.77. The van der Waals surface area contributed by atoms with E-state index in [-0.39, 0.29) is 17.4 Å². The molecule has 1 aromatic heterocycles. The lowest BCUT2D eigenvalue weighted by molar-refractivity contribution is -0.114. The third kappa shape index (κ3) is 2.88. The number of halogens is 3. The number of benzene rings is 1. The molecule has 1 heterocycles. The molecule has 0 aliphatic carbocycles. The van der Waals surface area contributed by atoms with Gasteiger partial charge in [0.2, 0.25) is 5.91 Å². The summed E-state index contributed by atoms with van der Waals surface area (Å²) in [6.07, 6.45) is 0. The first-order valence-corrected chi connectivity index (χ1v) is 6.66. The molecule has 102 valence electrons. The molecule has 0 bridgehead atoms. The predicted octanol–water partition coefficient (Wildman–Crippen LogP) is 3.23. The monoisotopic (exact) mass is 328 g/mol. The number of nitriles is 1. The van der Waals surface area contributed by atoms with E-state index in [9.17, 15) is 4.79 Å². The van der Waals surface area contributed by atoms with Gasteiger partial charge in [-0.2, -0.15) is 10.4 Å². The van der Waals surface area contributed by atoms with Crippen LogP contribution < -0.4 is 5.32 Å². The maximum Gasteiger partial charge on any atom is 0.240 e. The number of amides is 1. The highest BCUT2D eigenvalue weighted by atomic mass is 35.5. The van der Waals surface area contributed by atoms with Crippen LogP contribution in [0.3, 0.4) is 0 Å². The van der Waals surface area contributed by atoms with Gasteiger partial charge in [-0.25, -0.2) is 4.68 Å². The van der Waals surface area contributed by atoms with Crippen molar-refractivity contribution in [2.45, 2.75) is 0 Å². The second kappa shape index (κ2) is 6.14.